The lowest BCUT2D eigenvalue weighted by Gasteiger charge is -2.02. The van der Waals surface area contributed by atoms with E-state index in [0.29, 0.717) is 0 Å². The Morgan fingerprint density at radius 2 is 1.35 bits per heavy atom. The van der Waals surface area contributed by atoms with Gasteiger partial charge in [-0.15, -0.1) is 0 Å². The Labute approximate surface area is 121 Å². The van der Waals surface area contributed by atoms with E-state index >= 15 is 0 Å². The van der Waals surface area contributed by atoms with Gasteiger partial charge in [0.2, 0.25) is 0 Å². The van der Waals surface area contributed by atoms with E-state index in [1.807, 2.05) is 12.1 Å². The molecule has 0 saturated carbocycles. The standard InChI is InChI=1S/C19H20O/c1-3-15-5-7-17(8-6-15)9-10-18-11-16(4-2)12-19(13-18)14-20/h5-14H,3-4H2,1-2H3. The summed E-state index contributed by atoms with van der Waals surface area (Å²) in [5.41, 5.74) is 5.53. The number of rotatable bonds is 5. The summed E-state index contributed by atoms with van der Waals surface area (Å²) in [4.78, 5) is 10.9. The molecule has 20 heavy (non-hydrogen) atoms. The van der Waals surface area contributed by atoms with Crippen LogP contribution in [0.1, 0.15) is 46.5 Å². The van der Waals surface area contributed by atoms with Crippen LogP contribution >= 0.6 is 0 Å². The third-order valence-corrected chi connectivity index (χ3v) is 3.44. The van der Waals surface area contributed by atoms with Crippen LogP contribution in [0, 0.1) is 0 Å². The van der Waals surface area contributed by atoms with Gasteiger partial charge >= 0.3 is 0 Å². The Morgan fingerprint density at radius 1 is 0.750 bits per heavy atom. The van der Waals surface area contributed by atoms with Crippen molar-refractivity contribution in [3.8, 4) is 0 Å². The Bertz CT molecular complexity index is 606. The maximum atomic E-state index is 10.9. The van der Waals surface area contributed by atoms with E-state index in [0.717, 1.165) is 30.3 Å². The Hall–Kier alpha value is -2.15. The van der Waals surface area contributed by atoms with E-state index in [4.69, 9.17) is 0 Å². The monoisotopic (exact) mass is 264 g/mol. The van der Waals surface area contributed by atoms with Crippen LogP contribution in [-0.4, -0.2) is 6.29 Å². The van der Waals surface area contributed by atoms with Crippen LogP contribution in [-0.2, 0) is 12.8 Å². The van der Waals surface area contributed by atoms with Gasteiger partial charge in [-0.3, -0.25) is 4.79 Å². The topological polar surface area (TPSA) is 17.1 Å². The molecule has 0 bridgehead atoms. The smallest absolute Gasteiger partial charge is 0.150 e. The van der Waals surface area contributed by atoms with E-state index in [1.54, 1.807) is 0 Å². The number of hydrogen-bond donors (Lipinski definition) is 0. The van der Waals surface area contributed by atoms with Crippen molar-refractivity contribution in [3.05, 3.63) is 70.3 Å². The summed E-state index contributed by atoms with van der Waals surface area (Å²) in [6.45, 7) is 4.25. The predicted octanol–water partition coefficient (Wildman–Crippen LogP) is 4.79. The van der Waals surface area contributed by atoms with E-state index < -0.39 is 0 Å². The van der Waals surface area contributed by atoms with Crippen molar-refractivity contribution in [1.82, 2.24) is 0 Å². The molecule has 0 spiro atoms. The van der Waals surface area contributed by atoms with Crippen molar-refractivity contribution in [2.45, 2.75) is 26.7 Å². The van der Waals surface area contributed by atoms with Crippen LogP contribution in [0.4, 0.5) is 0 Å². The molecule has 0 fully saturated rings. The first kappa shape index (κ1) is 14.3. The molecule has 0 heterocycles. The van der Waals surface area contributed by atoms with Crippen molar-refractivity contribution in [1.29, 1.82) is 0 Å². The number of carbonyl (C=O) groups is 1. The highest BCUT2D eigenvalue weighted by molar-refractivity contribution is 5.79. The minimum atomic E-state index is 0.741. The van der Waals surface area contributed by atoms with E-state index in [2.05, 4.69) is 56.3 Å². The van der Waals surface area contributed by atoms with E-state index in [1.165, 1.54) is 16.7 Å². The van der Waals surface area contributed by atoms with Crippen molar-refractivity contribution < 1.29 is 4.79 Å². The van der Waals surface area contributed by atoms with Crippen LogP contribution in [0.2, 0.25) is 0 Å². The van der Waals surface area contributed by atoms with Crippen LogP contribution in [0.3, 0.4) is 0 Å². The number of aryl methyl sites for hydroxylation is 2. The van der Waals surface area contributed by atoms with Gasteiger partial charge in [-0.1, -0.05) is 56.3 Å². The first-order valence-electron chi connectivity index (χ1n) is 7.11. The summed E-state index contributed by atoms with van der Waals surface area (Å²) in [6, 6.07) is 14.5. The number of aldehydes is 1. The molecule has 0 amide bonds. The lowest BCUT2D eigenvalue weighted by Crippen LogP contribution is -1.87. The van der Waals surface area contributed by atoms with Gasteiger partial charge in [0.25, 0.3) is 0 Å². The number of benzene rings is 2. The highest BCUT2D eigenvalue weighted by atomic mass is 16.1. The summed E-state index contributed by atoms with van der Waals surface area (Å²) in [6.07, 6.45) is 7.06. The van der Waals surface area contributed by atoms with Crippen molar-refractivity contribution in [2.24, 2.45) is 0 Å². The Kier molecular flexibility index (Phi) is 4.89. The molecule has 0 aliphatic rings. The average molecular weight is 264 g/mol. The quantitative estimate of drug-likeness (QED) is 0.560. The number of hydrogen-bond acceptors (Lipinski definition) is 1. The van der Waals surface area contributed by atoms with Crippen LogP contribution in [0.5, 0.6) is 0 Å². The van der Waals surface area contributed by atoms with Crippen molar-refractivity contribution in [2.75, 3.05) is 0 Å². The normalized spacial score (nSPS) is 10.9. The summed E-state index contributed by atoms with van der Waals surface area (Å²) in [5.74, 6) is 0. The van der Waals surface area contributed by atoms with Gasteiger partial charge in [0.1, 0.15) is 6.29 Å². The average Bonchev–Trinajstić information content (AvgIpc) is 2.53. The molecule has 0 atom stereocenters. The van der Waals surface area contributed by atoms with Crippen molar-refractivity contribution >= 4 is 18.4 Å². The van der Waals surface area contributed by atoms with Crippen LogP contribution in [0.15, 0.2) is 42.5 Å². The summed E-state index contributed by atoms with van der Waals surface area (Å²) < 4.78 is 0. The fraction of sp³-hybridized carbons (Fsp3) is 0.211. The highest BCUT2D eigenvalue weighted by Crippen LogP contribution is 2.14. The minimum absolute atomic E-state index is 0.741. The molecule has 0 radical (unpaired) electrons. The third-order valence-electron chi connectivity index (χ3n) is 3.44. The Balaban J connectivity index is 2.23. The van der Waals surface area contributed by atoms with Crippen molar-refractivity contribution in [3.63, 3.8) is 0 Å². The molecule has 102 valence electrons. The lowest BCUT2D eigenvalue weighted by atomic mass is 10.0. The van der Waals surface area contributed by atoms with Crippen LogP contribution < -0.4 is 0 Å². The largest absolute Gasteiger partial charge is 0.298 e. The van der Waals surface area contributed by atoms with Gasteiger partial charge in [0.05, 0.1) is 0 Å². The zero-order valence-electron chi connectivity index (χ0n) is 12.1. The highest BCUT2D eigenvalue weighted by Gasteiger charge is 1.97. The van der Waals surface area contributed by atoms with Gasteiger partial charge in [-0.2, -0.15) is 0 Å². The molecule has 0 aliphatic heterocycles. The maximum Gasteiger partial charge on any atom is 0.150 e. The number of carbonyl (C=O) groups excluding carboxylic acids is 1. The Morgan fingerprint density at radius 3 is 1.95 bits per heavy atom. The molecular weight excluding hydrogens is 244 g/mol. The zero-order chi connectivity index (χ0) is 14.4. The molecule has 2 aromatic rings. The second-order valence-corrected chi connectivity index (χ2v) is 4.91. The van der Waals surface area contributed by atoms with Gasteiger partial charge in [0, 0.05) is 5.56 Å². The zero-order valence-corrected chi connectivity index (χ0v) is 12.1. The predicted molar refractivity (Wildman–Crippen MR) is 86.0 cm³/mol. The molecule has 1 heteroatoms. The minimum Gasteiger partial charge on any atom is -0.298 e. The van der Waals surface area contributed by atoms with Gasteiger partial charge in [0.15, 0.2) is 0 Å². The first-order valence-corrected chi connectivity index (χ1v) is 7.11. The van der Waals surface area contributed by atoms with Gasteiger partial charge in [-0.05, 0) is 47.2 Å². The second kappa shape index (κ2) is 6.85. The lowest BCUT2D eigenvalue weighted by molar-refractivity contribution is 0.112. The van der Waals surface area contributed by atoms with Crippen LogP contribution in [0.25, 0.3) is 12.2 Å². The van der Waals surface area contributed by atoms with E-state index in [-0.39, 0.29) is 0 Å². The molecule has 0 saturated heterocycles. The molecular formula is C19H20O. The molecule has 1 nitrogen and oxygen atoms in total. The fourth-order valence-corrected chi connectivity index (χ4v) is 2.17. The van der Waals surface area contributed by atoms with E-state index in [9.17, 15) is 4.79 Å². The fourth-order valence-electron chi connectivity index (χ4n) is 2.17. The summed E-state index contributed by atoms with van der Waals surface area (Å²) >= 11 is 0. The molecule has 0 N–H and O–H groups in total. The first-order chi connectivity index (χ1) is 9.75. The van der Waals surface area contributed by atoms with Gasteiger partial charge < -0.3 is 0 Å². The maximum absolute atomic E-state index is 10.9. The molecule has 2 rings (SSSR count). The summed E-state index contributed by atoms with van der Waals surface area (Å²) in [5, 5.41) is 0. The third kappa shape index (κ3) is 3.67. The molecule has 2 aromatic carbocycles. The molecule has 0 aliphatic carbocycles. The SMILES string of the molecule is CCc1ccc(C=Cc2cc(C=O)cc(CC)c2)cc1. The van der Waals surface area contributed by atoms with Gasteiger partial charge in [-0.25, -0.2) is 0 Å². The molecule has 0 unspecified atom stereocenters. The summed E-state index contributed by atoms with van der Waals surface area (Å²) in [7, 11) is 0. The second-order valence-electron chi connectivity index (χ2n) is 4.91. The molecule has 0 aromatic heterocycles.